The van der Waals surface area contributed by atoms with Crippen molar-refractivity contribution in [2.75, 3.05) is 6.67 Å². The molecule has 0 aromatic heterocycles. The van der Waals surface area contributed by atoms with Crippen molar-refractivity contribution in [2.45, 2.75) is 10.7 Å². The summed E-state index contributed by atoms with van der Waals surface area (Å²) < 4.78 is 9.04. The van der Waals surface area contributed by atoms with Gasteiger partial charge in [-0.25, -0.2) is 4.39 Å². The summed E-state index contributed by atoms with van der Waals surface area (Å²) in [7, 11) is 0. The van der Waals surface area contributed by atoms with Gasteiger partial charge in [-0.3, -0.25) is 9.59 Å². The Morgan fingerprint density at radius 1 is 1.55 bits per heavy atom. The topological polar surface area (TPSA) is 34.1 Å². The maximum absolute atomic E-state index is 10.8. The lowest BCUT2D eigenvalue weighted by Crippen LogP contribution is -2.00. The summed E-state index contributed by atoms with van der Waals surface area (Å²) in [5.74, 6) is -0.412. The smallest absolute Gasteiger partial charge is 0.245 e. The van der Waals surface area contributed by atoms with Gasteiger partial charge in [0.05, 0.1) is 0 Å². The number of carbonyl (C=O) groups excluding carboxylic acids is 2. The zero-order valence-corrected chi connectivity index (χ0v) is 7.88. The van der Waals surface area contributed by atoms with Gasteiger partial charge in [-0.2, -0.15) is 0 Å². The maximum Gasteiger partial charge on any atom is 0.245 e. The predicted octanol–water partition coefficient (Wildman–Crippen LogP) is 2.10. The molecule has 0 saturated carbocycles. The van der Waals surface area contributed by atoms with Gasteiger partial charge in [0.25, 0.3) is 0 Å². The van der Waals surface area contributed by atoms with E-state index in [0.29, 0.717) is 0 Å². The molecule has 0 bridgehead atoms. The molecule has 0 heterocycles. The van der Waals surface area contributed by atoms with E-state index < -0.39 is 16.3 Å². The number of aldehydes is 1. The van der Waals surface area contributed by atoms with Gasteiger partial charge in [0, 0.05) is 0 Å². The van der Waals surface area contributed by atoms with E-state index in [2.05, 4.69) is 0 Å². The molecule has 0 N–H and O–H groups in total. The fourth-order valence-electron chi connectivity index (χ4n) is 0. The molecule has 0 rings (SSSR count). The molecule has 0 aliphatic heterocycles. The van der Waals surface area contributed by atoms with E-state index in [9.17, 15) is 14.0 Å². The van der Waals surface area contributed by atoms with Crippen LogP contribution in [0.1, 0.15) is 6.92 Å². The lowest BCUT2D eigenvalue weighted by atomic mass is 10.5. The molecule has 0 atom stereocenters. The molecule has 0 aliphatic rings. The molecular weight excluding hydrogens is 217 g/mol. The maximum atomic E-state index is 10.8. The highest BCUT2D eigenvalue weighted by atomic mass is 35.6. The van der Waals surface area contributed by atoms with Gasteiger partial charge in [-0.05, 0) is 6.92 Å². The number of hydrogen-bond acceptors (Lipinski definition) is 2. The highest BCUT2D eigenvalue weighted by Crippen LogP contribution is 2.21. The highest BCUT2D eigenvalue weighted by Gasteiger charge is 2.16. The van der Waals surface area contributed by atoms with E-state index in [1.165, 1.54) is 6.92 Å². The lowest BCUT2D eigenvalue weighted by Gasteiger charge is -1.93. The summed E-state index contributed by atoms with van der Waals surface area (Å²) in [5.41, 5.74) is 0. The molecule has 0 aliphatic carbocycles. The van der Waals surface area contributed by atoms with Crippen molar-refractivity contribution in [3.63, 3.8) is 0 Å². The van der Waals surface area contributed by atoms with E-state index in [1.54, 1.807) is 0 Å². The van der Waals surface area contributed by atoms with Gasteiger partial charge in [-0.1, -0.05) is 34.8 Å². The Morgan fingerprint density at radius 2 is 1.73 bits per heavy atom. The third kappa shape index (κ3) is 25.4. The Labute approximate surface area is 78.6 Å². The molecule has 11 heavy (non-hydrogen) atoms. The summed E-state index contributed by atoms with van der Waals surface area (Å²) in [6.07, 6.45) is 0.234. The van der Waals surface area contributed by atoms with Crippen molar-refractivity contribution in [3.8, 4) is 0 Å². The predicted molar refractivity (Wildman–Crippen MR) is 43.0 cm³/mol. The second-order valence-corrected chi connectivity index (χ2v) is 3.86. The Kier molecular flexibility index (Phi) is 8.51. The van der Waals surface area contributed by atoms with Crippen molar-refractivity contribution in [1.29, 1.82) is 0 Å². The largest absolute Gasteiger partial charge is 0.299 e. The number of rotatable bonds is 1. The van der Waals surface area contributed by atoms with Crippen LogP contribution in [-0.2, 0) is 9.59 Å². The van der Waals surface area contributed by atoms with Crippen LogP contribution in [0.4, 0.5) is 4.39 Å². The minimum Gasteiger partial charge on any atom is -0.299 e. The molecule has 0 aromatic rings. The zero-order chi connectivity index (χ0) is 9.49. The standard InChI is InChI=1S/C3H5FO.C2HCl3O/c1-3(5)2-4;3-2(4,5)1-6/h2H2,1H3;1H. The van der Waals surface area contributed by atoms with Gasteiger partial charge < -0.3 is 0 Å². The van der Waals surface area contributed by atoms with Gasteiger partial charge in [0.2, 0.25) is 3.79 Å². The molecule has 0 saturated heterocycles. The molecule has 0 radical (unpaired) electrons. The number of ketones is 1. The normalized spacial score (nSPS) is 9.55. The van der Waals surface area contributed by atoms with E-state index in [-0.39, 0.29) is 6.29 Å². The van der Waals surface area contributed by atoms with Crippen molar-refractivity contribution in [2.24, 2.45) is 0 Å². The number of carbonyl (C=O) groups is 2. The van der Waals surface area contributed by atoms with Gasteiger partial charge in [-0.15, -0.1) is 0 Å². The van der Waals surface area contributed by atoms with Crippen LogP contribution >= 0.6 is 34.8 Å². The minimum atomic E-state index is -1.72. The SMILES string of the molecule is CC(=O)CF.O=CC(Cl)(Cl)Cl. The van der Waals surface area contributed by atoms with Crippen molar-refractivity contribution < 1.29 is 14.0 Å². The molecule has 0 amide bonds. The summed E-state index contributed by atoms with van der Waals surface area (Å²) in [5, 5.41) is 0. The Balaban J connectivity index is 0. The first-order chi connectivity index (χ1) is 4.83. The molecule has 0 aromatic carbocycles. The molecular formula is C5H6Cl3FO2. The van der Waals surface area contributed by atoms with E-state index >= 15 is 0 Å². The molecule has 6 heteroatoms. The first-order valence-electron chi connectivity index (χ1n) is 2.42. The molecule has 66 valence electrons. The zero-order valence-electron chi connectivity index (χ0n) is 5.61. The second kappa shape index (κ2) is 6.83. The lowest BCUT2D eigenvalue weighted by molar-refractivity contribution is -0.117. The van der Waals surface area contributed by atoms with E-state index in [0.717, 1.165) is 0 Å². The molecule has 0 fully saturated rings. The van der Waals surface area contributed by atoms with Gasteiger partial charge in [0.1, 0.15) is 6.67 Å². The van der Waals surface area contributed by atoms with E-state index in [1.807, 2.05) is 0 Å². The number of hydrogen-bond donors (Lipinski definition) is 0. The summed E-state index contributed by atoms with van der Waals surface area (Å²) >= 11 is 14.6. The minimum absolute atomic E-state index is 0.234. The average molecular weight is 223 g/mol. The summed E-state index contributed by atoms with van der Waals surface area (Å²) in [6, 6.07) is 0. The van der Waals surface area contributed by atoms with Crippen LogP contribution in [0.2, 0.25) is 0 Å². The molecule has 0 spiro atoms. The fraction of sp³-hybridized carbons (Fsp3) is 0.600. The van der Waals surface area contributed by atoms with E-state index in [4.69, 9.17) is 34.8 Å². The molecule has 0 unspecified atom stereocenters. The average Bonchev–Trinajstić information content (AvgIpc) is 1.88. The van der Waals surface area contributed by atoms with Crippen LogP contribution in [0.3, 0.4) is 0 Å². The van der Waals surface area contributed by atoms with Crippen LogP contribution in [0.15, 0.2) is 0 Å². The van der Waals surface area contributed by atoms with Crippen LogP contribution in [0.25, 0.3) is 0 Å². The fourth-order valence-corrected chi connectivity index (χ4v) is 0. The van der Waals surface area contributed by atoms with Gasteiger partial charge >= 0.3 is 0 Å². The highest BCUT2D eigenvalue weighted by molar-refractivity contribution is 6.74. The van der Waals surface area contributed by atoms with Crippen LogP contribution < -0.4 is 0 Å². The monoisotopic (exact) mass is 222 g/mol. The Morgan fingerprint density at radius 3 is 1.73 bits per heavy atom. The second-order valence-electron chi connectivity index (χ2n) is 1.50. The first-order valence-corrected chi connectivity index (χ1v) is 3.55. The molecule has 2 nitrogen and oxygen atoms in total. The number of halogens is 4. The van der Waals surface area contributed by atoms with Crippen molar-refractivity contribution in [1.82, 2.24) is 0 Å². The van der Waals surface area contributed by atoms with Crippen LogP contribution in [0.5, 0.6) is 0 Å². The Hall–Kier alpha value is 0.140. The Bertz CT molecular complexity index is 132. The quantitative estimate of drug-likeness (QED) is 0.504. The summed E-state index contributed by atoms with van der Waals surface area (Å²) in [6.45, 7) is 0.375. The van der Waals surface area contributed by atoms with Crippen molar-refractivity contribution in [3.05, 3.63) is 0 Å². The van der Waals surface area contributed by atoms with Crippen LogP contribution in [0, 0.1) is 0 Å². The third-order valence-electron chi connectivity index (χ3n) is 0.322. The number of alkyl halides is 4. The first kappa shape index (κ1) is 13.7. The van der Waals surface area contributed by atoms with Gasteiger partial charge in [0.15, 0.2) is 12.1 Å². The van der Waals surface area contributed by atoms with Crippen LogP contribution in [-0.4, -0.2) is 22.5 Å². The number of Topliss-reactive ketones (excluding diaryl/α,β-unsaturated/α-hetero) is 1. The summed E-state index contributed by atoms with van der Waals surface area (Å²) in [4.78, 5) is 18.9. The third-order valence-corrected chi connectivity index (χ3v) is 0.589. The van der Waals surface area contributed by atoms with Crippen molar-refractivity contribution >= 4 is 46.9 Å².